The van der Waals surface area contributed by atoms with Gasteiger partial charge in [0.25, 0.3) is 0 Å². The summed E-state index contributed by atoms with van der Waals surface area (Å²) in [5.74, 6) is 1.31. The summed E-state index contributed by atoms with van der Waals surface area (Å²) in [6.07, 6.45) is 11.5. The molecule has 1 amide bonds. The third-order valence-corrected chi connectivity index (χ3v) is 4.72. The van der Waals surface area contributed by atoms with Crippen molar-refractivity contribution in [1.82, 2.24) is 30.0 Å². The average Bonchev–Trinajstić information content (AvgIpc) is 3.34. The molecule has 1 aliphatic rings. The van der Waals surface area contributed by atoms with Gasteiger partial charge < -0.3 is 10.6 Å². The molecule has 0 saturated heterocycles. The van der Waals surface area contributed by atoms with Gasteiger partial charge in [-0.15, -0.1) is 0 Å². The van der Waals surface area contributed by atoms with E-state index in [4.69, 9.17) is 0 Å². The lowest BCUT2D eigenvalue weighted by Crippen LogP contribution is -2.35. The first-order valence-electron chi connectivity index (χ1n) is 9.51. The van der Waals surface area contributed by atoms with E-state index in [-0.39, 0.29) is 12.5 Å². The van der Waals surface area contributed by atoms with Gasteiger partial charge in [-0.1, -0.05) is 12.8 Å². The van der Waals surface area contributed by atoms with Crippen LogP contribution < -0.4 is 10.6 Å². The standard InChI is InChI=1S/C20H23N7O/c1-14-10-18(26-20(23-14)15-6-8-21-9-7-15)24-17-11-22-27(12-17)13-19(28)25-16-4-2-3-5-16/h6-12,16H,2-5,13H2,1H3,(H,25,28)(H,23,24,26). The molecule has 0 unspecified atom stereocenters. The van der Waals surface area contributed by atoms with Gasteiger partial charge in [0.1, 0.15) is 12.4 Å². The zero-order valence-corrected chi connectivity index (χ0v) is 15.8. The van der Waals surface area contributed by atoms with Gasteiger partial charge in [0, 0.05) is 42.0 Å². The Hall–Kier alpha value is -3.29. The summed E-state index contributed by atoms with van der Waals surface area (Å²) < 4.78 is 1.63. The summed E-state index contributed by atoms with van der Waals surface area (Å²) >= 11 is 0. The maximum atomic E-state index is 12.2. The third kappa shape index (κ3) is 4.51. The van der Waals surface area contributed by atoms with Crippen LogP contribution in [0.3, 0.4) is 0 Å². The first kappa shape index (κ1) is 18.1. The maximum absolute atomic E-state index is 12.2. The number of hydrogen-bond acceptors (Lipinski definition) is 6. The SMILES string of the molecule is Cc1cc(Nc2cnn(CC(=O)NC3CCCC3)c2)nc(-c2ccncc2)n1. The van der Waals surface area contributed by atoms with Gasteiger partial charge in [0.15, 0.2) is 5.82 Å². The Morgan fingerprint density at radius 1 is 1.21 bits per heavy atom. The second-order valence-electron chi connectivity index (χ2n) is 7.05. The van der Waals surface area contributed by atoms with E-state index in [1.54, 1.807) is 29.5 Å². The highest BCUT2D eigenvalue weighted by Gasteiger charge is 2.17. The van der Waals surface area contributed by atoms with E-state index in [1.165, 1.54) is 12.8 Å². The fourth-order valence-electron chi connectivity index (χ4n) is 3.42. The number of pyridine rings is 1. The second-order valence-corrected chi connectivity index (χ2v) is 7.05. The lowest BCUT2D eigenvalue weighted by molar-refractivity contribution is -0.122. The molecule has 144 valence electrons. The van der Waals surface area contributed by atoms with E-state index >= 15 is 0 Å². The summed E-state index contributed by atoms with van der Waals surface area (Å²) in [6, 6.07) is 5.93. The monoisotopic (exact) mass is 377 g/mol. The van der Waals surface area contributed by atoms with Crippen LogP contribution in [0.2, 0.25) is 0 Å². The molecule has 3 aromatic heterocycles. The summed E-state index contributed by atoms with van der Waals surface area (Å²) in [7, 11) is 0. The minimum absolute atomic E-state index is 0.000552. The maximum Gasteiger partial charge on any atom is 0.241 e. The van der Waals surface area contributed by atoms with Gasteiger partial charge >= 0.3 is 0 Å². The van der Waals surface area contributed by atoms with Gasteiger partial charge in [0.2, 0.25) is 5.91 Å². The molecule has 4 rings (SSSR count). The van der Waals surface area contributed by atoms with Gasteiger partial charge in [-0.2, -0.15) is 5.10 Å². The van der Waals surface area contributed by atoms with E-state index in [2.05, 4.69) is 30.7 Å². The van der Waals surface area contributed by atoms with Crippen LogP contribution in [-0.2, 0) is 11.3 Å². The fourth-order valence-corrected chi connectivity index (χ4v) is 3.42. The molecular formula is C20H23N7O. The minimum atomic E-state index is -0.000552. The number of anilines is 2. The molecule has 0 spiro atoms. The predicted octanol–water partition coefficient (Wildman–Crippen LogP) is 2.85. The molecular weight excluding hydrogens is 354 g/mol. The normalized spacial score (nSPS) is 14.2. The smallest absolute Gasteiger partial charge is 0.241 e. The molecule has 1 saturated carbocycles. The highest BCUT2D eigenvalue weighted by atomic mass is 16.2. The molecule has 1 fully saturated rings. The van der Waals surface area contributed by atoms with Gasteiger partial charge in [-0.3, -0.25) is 14.5 Å². The van der Waals surface area contributed by atoms with Crippen LogP contribution in [0.1, 0.15) is 31.4 Å². The van der Waals surface area contributed by atoms with Crippen molar-refractivity contribution in [2.75, 3.05) is 5.32 Å². The number of hydrogen-bond donors (Lipinski definition) is 2. The van der Waals surface area contributed by atoms with E-state index < -0.39 is 0 Å². The Morgan fingerprint density at radius 3 is 2.79 bits per heavy atom. The zero-order valence-electron chi connectivity index (χ0n) is 15.8. The first-order chi connectivity index (χ1) is 13.7. The van der Waals surface area contributed by atoms with Crippen LogP contribution in [-0.4, -0.2) is 36.7 Å². The van der Waals surface area contributed by atoms with Crippen molar-refractivity contribution < 1.29 is 4.79 Å². The van der Waals surface area contributed by atoms with Gasteiger partial charge in [-0.25, -0.2) is 9.97 Å². The van der Waals surface area contributed by atoms with Crippen molar-refractivity contribution in [3.05, 3.63) is 48.7 Å². The number of amides is 1. The second kappa shape index (κ2) is 8.16. The molecule has 0 radical (unpaired) electrons. The lowest BCUT2D eigenvalue weighted by Gasteiger charge is -2.11. The molecule has 0 aliphatic heterocycles. The number of aromatic nitrogens is 5. The Labute approximate surface area is 163 Å². The van der Waals surface area contributed by atoms with Crippen molar-refractivity contribution in [2.24, 2.45) is 0 Å². The first-order valence-corrected chi connectivity index (χ1v) is 9.51. The number of aryl methyl sites for hydroxylation is 1. The number of nitrogens with one attached hydrogen (secondary N) is 2. The molecule has 8 nitrogen and oxygen atoms in total. The predicted molar refractivity (Wildman–Crippen MR) is 106 cm³/mol. The highest BCUT2D eigenvalue weighted by Crippen LogP contribution is 2.20. The van der Waals surface area contributed by atoms with Crippen LogP contribution >= 0.6 is 0 Å². The molecule has 0 atom stereocenters. The van der Waals surface area contributed by atoms with E-state index in [0.717, 1.165) is 29.8 Å². The molecule has 0 aromatic carbocycles. The summed E-state index contributed by atoms with van der Waals surface area (Å²) in [5, 5.41) is 10.6. The van der Waals surface area contributed by atoms with Crippen LogP contribution in [0.4, 0.5) is 11.5 Å². The minimum Gasteiger partial charge on any atom is -0.352 e. The quantitative estimate of drug-likeness (QED) is 0.685. The summed E-state index contributed by atoms with van der Waals surface area (Å²) in [5.41, 5.74) is 2.53. The number of carbonyl (C=O) groups is 1. The average molecular weight is 377 g/mol. The third-order valence-electron chi connectivity index (χ3n) is 4.72. The van der Waals surface area contributed by atoms with Crippen molar-refractivity contribution in [1.29, 1.82) is 0 Å². The Bertz CT molecular complexity index is 948. The molecule has 0 bridgehead atoms. The molecule has 8 heteroatoms. The van der Waals surface area contributed by atoms with Crippen LogP contribution in [0.5, 0.6) is 0 Å². The van der Waals surface area contributed by atoms with E-state index in [9.17, 15) is 4.79 Å². The molecule has 1 aliphatic carbocycles. The topological polar surface area (TPSA) is 97.6 Å². The Kier molecular flexibility index (Phi) is 5.27. The van der Waals surface area contributed by atoms with Crippen molar-refractivity contribution >= 4 is 17.4 Å². The van der Waals surface area contributed by atoms with Crippen LogP contribution in [0.25, 0.3) is 11.4 Å². The summed E-state index contributed by atoms with van der Waals surface area (Å²) in [4.78, 5) is 25.2. The fraction of sp³-hybridized carbons (Fsp3) is 0.350. The molecule has 2 N–H and O–H groups in total. The summed E-state index contributed by atoms with van der Waals surface area (Å²) in [6.45, 7) is 2.14. The number of nitrogens with zero attached hydrogens (tertiary/aromatic N) is 5. The van der Waals surface area contributed by atoms with Crippen molar-refractivity contribution in [3.8, 4) is 11.4 Å². The molecule has 28 heavy (non-hydrogen) atoms. The molecule has 3 aromatic rings. The van der Waals surface area contributed by atoms with Crippen molar-refractivity contribution in [3.63, 3.8) is 0 Å². The number of rotatable bonds is 6. The highest BCUT2D eigenvalue weighted by molar-refractivity contribution is 5.76. The number of carbonyl (C=O) groups excluding carboxylic acids is 1. The van der Waals surface area contributed by atoms with E-state index in [0.29, 0.717) is 17.7 Å². The van der Waals surface area contributed by atoms with Crippen molar-refractivity contribution in [2.45, 2.75) is 45.2 Å². The van der Waals surface area contributed by atoms with E-state index in [1.807, 2.05) is 25.1 Å². The van der Waals surface area contributed by atoms with Gasteiger partial charge in [-0.05, 0) is 31.9 Å². The van der Waals surface area contributed by atoms with Crippen LogP contribution in [0, 0.1) is 6.92 Å². The largest absolute Gasteiger partial charge is 0.352 e. The Morgan fingerprint density at radius 2 is 2.00 bits per heavy atom. The Balaban J connectivity index is 1.42. The zero-order chi connectivity index (χ0) is 19.3. The molecule has 3 heterocycles. The van der Waals surface area contributed by atoms with Gasteiger partial charge in [0.05, 0.1) is 11.9 Å². The van der Waals surface area contributed by atoms with Crippen LogP contribution in [0.15, 0.2) is 43.0 Å². The lowest BCUT2D eigenvalue weighted by atomic mass is 10.2.